The number of benzene rings is 1. The van der Waals surface area contributed by atoms with Gasteiger partial charge in [0.15, 0.2) is 5.82 Å². The van der Waals surface area contributed by atoms with Gasteiger partial charge in [0, 0.05) is 30.5 Å². The fourth-order valence-electron chi connectivity index (χ4n) is 3.91. The fraction of sp³-hybridized carbons (Fsp3) is 0.550. The zero-order valence-corrected chi connectivity index (χ0v) is 15.3. The van der Waals surface area contributed by atoms with Crippen LogP contribution in [0.1, 0.15) is 51.4 Å². The summed E-state index contributed by atoms with van der Waals surface area (Å²) in [5.41, 5.74) is 2.32. The van der Waals surface area contributed by atoms with E-state index in [0.717, 1.165) is 11.5 Å². The van der Waals surface area contributed by atoms with Gasteiger partial charge in [0.1, 0.15) is 0 Å². The lowest BCUT2D eigenvalue weighted by atomic mass is 9.96. The molecule has 1 aromatic heterocycles. The highest BCUT2D eigenvalue weighted by molar-refractivity contribution is 5.60. The molecule has 0 unspecified atom stereocenters. The molecule has 1 aliphatic carbocycles. The largest absolute Gasteiger partial charge is 0.372 e. The number of anilines is 4. The summed E-state index contributed by atoms with van der Waals surface area (Å²) in [6, 6.07) is 9.07. The number of nitrogens with one attached hydrogen (secondary N) is 2. The third kappa shape index (κ3) is 4.42. The van der Waals surface area contributed by atoms with E-state index in [1.807, 2.05) is 0 Å². The molecule has 2 aromatic rings. The molecule has 1 saturated heterocycles. The van der Waals surface area contributed by atoms with Crippen molar-refractivity contribution in [2.75, 3.05) is 28.6 Å². The lowest BCUT2D eigenvalue weighted by Gasteiger charge is -2.28. The number of aromatic nitrogens is 3. The van der Waals surface area contributed by atoms with Crippen LogP contribution in [0.15, 0.2) is 30.5 Å². The second-order valence-corrected chi connectivity index (χ2v) is 7.36. The minimum absolute atomic E-state index is 0.477. The van der Waals surface area contributed by atoms with Crippen molar-refractivity contribution in [3.8, 4) is 0 Å². The molecule has 0 atom stereocenters. The van der Waals surface area contributed by atoms with Crippen LogP contribution in [0, 0.1) is 0 Å². The van der Waals surface area contributed by atoms with Crippen LogP contribution in [0.25, 0.3) is 0 Å². The maximum absolute atomic E-state index is 4.57. The summed E-state index contributed by atoms with van der Waals surface area (Å²) in [5, 5.41) is 15.0. The van der Waals surface area contributed by atoms with Gasteiger partial charge >= 0.3 is 0 Å². The van der Waals surface area contributed by atoms with E-state index in [9.17, 15) is 0 Å². The Labute approximate surface area is 155 Å². The standard InChI is InChI=1S/C20H28N6/c1-3-7-16(8-4-1)23-20-24-19(15-21-25-20)22-17-9-11-18(12-10-17)26-13-5-2-6-14-26/h9-12,15-16H,1-8,13-14H2,(H2,22,23,24,25). The van der Waals surface area contributed by atoms with E-state index < -0.39 is 0 Å². The second kappa shape index (κ2) is 8.34. The van der Waals surface area contributed by atoms with Crippen molar-refractivity contribution in [1.29, 1.82) is 0 Å². The average Bonchev–Trinajstić information content (AvgIpc) is 2.70. The number of hydrogen-bond donors (Lipinski definition) is 2. The molecule has 0 spiro atoms. The lowest BCUT2D eigenvalue weighted by Crippen LogP contribution is -2.29. The van der Waals surface area contributed by atoms with E-state index in [1.165, 1.54) is 70.1 Å². The molecule has 0 radical (unpaired) electrons. The molecule has 1 aliphatic heterocycles. The highest BCUT2D eigenvalue weighted by atomic mass is 15.3. The van der Waals surface area contributed by atoms with Crippen molar-refractivity contribution >= 4 is 23.1 Å². The first-order valence-electron chi connectivity index (χ1n) is 9.95. The second-order valence-electron chi connectivity index (χ2n) is 7.36. The van der Waals surface area contributed by atoms with Gasteiger partial charge in [0.05, 0.1) is 6.20 Å². The van der Waals surface area contributed by atoms with Crippen LogP contribution in [-0.2, 0) is 0 Å². The van der Waals surface area contributed by atoms with Crippen LogP contribution < -0.4 is 15.5 Å². The van der Waals surface area contributed by atoms with Gasteiger partial charge in [-0.2, -0.15) is 10.1 Å². The third-order valence-electron chi connectivity index (χ3n) is 5.36. The predicted octanol–water partition coefficient (Wildman–Crippen LogP) is 4.35. The van der Waals surface area contributed by atoms with E-state index in [-0.39, 0.29) is 0 Å². The molecule has 2 fully saturated rings. The summed E-state index contributed by atoms with van der Waals surface area (Å²) in [5.74, 6) is 1.34. The van der Waals surface area contributed by atoms with Crippen molar-refractivity contribution < 1.29 is 0 Å². The Balaban J connectivity index is 1.38. The van der Waals surface area contributed by atoms with E-state index >= 15 is 0 Å². The summed E-state index contributed by atoms with van der Waals surface area (Å²) in [6.45, 7) is 2.33. The number of rotatable bonds is 5. The van der Waals surface area contributed by atoms with E-state index in [0.29, 0.717) is 12.0 Å². The zero-order chi connectivity index (χ0) is 17.6. The fourth-order valence-corrected chi connectivity index (χ4v) is 3.91. The molecule has 2 heterocycles. The quantitative estimate of drug-likeness (QED) is 0.834. The zero-order valence-electron chi connectivity index (χ0n) is 15.3. The van der Waals surface area contributed by atoms with Gasteiger partial charge in [-0.3, -0.25) is 0 Å². The van der Waals surface area contributed by atoms with Crippen molar-refractivity contribution in [2.45, 2.75) is 57.4 Å². The predicted molar refractivity (Wildman–Crippen MR) is 106 cm³/mol. The van der Waals surface area contributed by atoms with Gasteiger partial charge in [-0.1, -0.05) is 19.3 Å². The van der Waals surface area contributed by atoms with E-state index in [4.69, 9.17) is 0 Å². The molecule has 0 amide bonds. The maximum atomic E-state index is 4.57. The van der Waals surface area contributed by atoms with Crippen LogP contribution in [-0.4, -0.2) is 34.3 Å². The van der Waals surface area contributed by atoms with Gasteiger partial charge < -0.3 is 15.5 Å². The smallest absolute Gasteiger partial charge is 0.244 e. The van der Waals surface area contributed by atoms with Crippen LogP contribution >= 0.6 is 0 Å². The van der Waals surface area contributed by atoms with Gasteiger partial charge in [0.25, 0.3) is 0 Å². The maximum Gasteiger partial charge on any atom is 0.244 e. The molecule has 4 rings (SSSR count). The summed E-state index contributed by atoms with van der Waals surface area (Å²) >= 11 is 0. The normalized spacial score (nSPS) is 18.5. The van der Waals surface area contributed by atoms with Gasteiger partial charge in [-0.05, 0) is 56.4 Å². The Morgan fingerprint density at radius 3 is 2.38 bits per heavy atom. The first-order valence-corrected chi connectivity index (χ1v) is 9.95. The average molecular weight is 352 g/mol. The van der Waals surface area contributed by atoms with Crippen LogP contribution in [0.4, 0.5) is 23.1 Å². The van der Waals surface area contributed by atoms with Crippen molar-refractivity contribution in [3.05, 3.63) is 30.5 Å². The third-order valence-corrected chi connectivity index (χ3v) is 5.36. The highest BCUT2D eigenvalue weighted by Gasteiger charge is 2.14. The van der Waals surface area contributed by atoms with Gasteiger partial charge in [-0.25, -0.2) is 0 Å². The summed E-state index contributed by atoms with van der Waals surface area (Å²) < 4.78 is 0. The van der Waals surface area contributed by atoms with Crippen LogP contribution in [0.2, 0.25) is 0 Å². The molecule has 2 N–H and O–H groups in total. The molecule has 1 aromatic carbocycles. The molecule has 1 saturated carbocycles. The first kappa shape index (κ1) is 17.1. The molecule has 0 bridgehead atoms. The number of piperidine rings is 1. The Morgan fingerprint density at radius 1 is 0.885 bits per heavy atom. The Bertz CT molecular complexity index is 690. The minimum atomic E-state index is 0.477. The van der Waals surface area contributed by atoms with E-state index in [1.54, 1.807) is 6.20 Å². The van der Waals surface area contributed by atoms with E-state index in [2.05, 4.69) is 55.0 Å². The molecule has 6 nitrogen and oxygen atoms in total. The summed E-state index contributed by atoms with van der Waals surface area (Å²) in [4.78, 5) is 7.03. The Morgan fingerprint density at radius 2 is 1.62 bits per heavy atom. The molecular formula is C20H28N6. The van der Waals surface area contributed by atoms with Crippen molar-refractivity contribution in [1.82, 2.24) is 15.2 Å². The Hall–Kier alpha value is -2.37. The summed E-state index contributed by atoms with van der Waals surface area (Å²) in [6.07, 6.45) is 11.9. The van der Waals surface area contributed by atoms with Crippen LogP contribution in [0.3, 0.4) is 0 Å². The van der Waals surface area contributed by atoms with Crippen molar-refractivity contribution in [3.63, 3.8) is 0 Å². The summed E-state index contributed by atoms with van der Waals surface area (Å²) in [7, 11) is 0. The van der Waals surface area contributed by atoms with Gasteiger partial charge in [-0.15, -0.1) is 5.10 Å². The van der Waals surface area contributed by atoms with Crippen LogP contribution in [0.5, 0.6) is 0 Å². The molecule has 6 heteroatoms. The number of hydrogen-bond acceptors (Lipinski definition) is 6. The Kier molecular flexibility index (Phi) is 5.47. The lowest BCUT2D eigenvalue weighted by molar-refractivity contribution is 0.460. The topological polar surface area (TPSA) is 66.0 Å². The number of nitrogens with zero attached hydrogens (tertiary/aromatic N) is 4. The van der Waals surface area contributed by atoms with Crippen molar-refractivity contribution in [2.24, 2.45) is 0 Å². The SMILES string of the molecule is c1cc(N2CCCCC2)ccc1Nc1cnnc(NC2CCCCC2)n1. The molecule has 26 heavy (non-hydrogen) atoms. The highest BCUT2D eigenvalue weighted by Crippen LogP contribution is 2.24. The molecular weight excluding hydrogens is 324 g/mol. The molecule has 2 aliphatic rings. The minimum Gasteiger partial charge on any atom is -0.372 e. The first-order chi connectivity index (χ1) is 12.9. The monoisotopic (exact) mass is 352 g/mol. The van der Waals surface area contributed by atoms with Gasteiger partial charge in [0.2, 0.25) is 5.95 Å². The molecule has 138 valence electrons.